The van der Waals surface area contributed by atoms with Crippen LogP contribution in [0.2, 0.25) is 0 Å². The molecule has 1 atom stereocenters. The van der Waals surface area contributed by atoms with E-state index in [0.29, 0.717) is 17.2 Å². The maximum atomic E-state index is 13.7. The highest BCUT2D eigenvalue weighted by atomic mass is 19.1. The van der Waals surface area contributed by atoms with Crippen LogP contribution in [-0.2, 0) is 16.1 Å². The van der Waals surface area contributed by atoms with Gasteiger partial charge in [-0.05, 0) is 54.4 Å². The van der Waals surface area contributed by atoms with Crippen molar-refractivity contribution in [2.75, 3.05) is 12.4 Å². The average molecular weight is 443 g/mol. The third kappa shape index (κ3) is 3.82. The lowest BCUT2D eigenvalue weighted by Crippen LogP contribution is -2.29. The van der Waals surface area contributed by atoms with Crippen LogP contribution in [0, 0.1) is 5.82 Å². The molecule has 0 bridgehead atoms. The van der Waals surface area contributed by atoms with Crippen LogP contribution in [0.3, 0.4) is 0 Å². The molecular weight excluding hydrogens is 421 g/mol. The molecule has 0 unspecified atom stereocenters. The molecule has 1 aliphatic heterocycles. The van der Waals surface area contributed by atoms with E-state index in [1.165, 1.54) is 12.1 Å². The Hall–Kier alpha value is -4.13. The Morgan fingerprint density at radius 1 is 1.06 bits per heavy atom. The van der Waals surface area contributed by atoms with Crippen molar-refractivity contribution in [3.63, 3.8) is 0 Å². The third-order valence-electron chi connectivity index (χ3n) is 5.77. The lowest BCUT2D eigenvalue weighted by Gasteiger charge is -2.30. The molecule has 1 N–H and O–H groups in total. The first kappa shape index (κ1) is 20.8. The van der Waals surface area contributed by atoms with E-state index in [4.69, 9.17) is 9.47 Å². The van der Waals surface area contributed by atoms with Crippen LogP contribution in [0.25, 0.3) is 11.0 Å². The van der Waals surface area contributed by atoms with Crippen LogP contribution < -0.4 is 10.1 Å². The minimum atomic E-state index is -0.516. The number of carbonyl (C=O) groups excluding carboxylic acids is 1. The van der Waals surface area contributed by atoms with Gasteiger partial charge in [-0.3, -0.25) is 4.57 Å². The van der Waals surface area contributed by atoms with Crippen molar-refractivity contribution in [2.24, 2.45) is 0 Å². The van der Waals surface area contributed by atoms with E-state index < -0.39 is 12.0 Å². The smallest absolute Gasteiger partial charge is 0.338 e. The van der Waals surface area contributed by atoms with Gasteiger partial charge in [0.15, 0.2) is 0 Å². The Bertz CT molecular complexity index is 1360. The Balaban J connectivity index is 1.53. The summed E-state index contributed by atoms with van der Waals surface area (Å²) < 4.78 is 26.5. The molecule has 2 heterocycles. The molecule has 33 heavy (non-hydrogen) atoms. The Kier molecular flexibility index (Phi) is 5.30. The summed E-state index contributed by atoms with van der Waals surface area (Å²) in [5, 5.41) is 3.24. The molecule has 0 aliphatic carbocycles. The number of methoxy groups -OCH3 is 1. The summed E-state index contributed by atoms with van der Waals surface area (Å²) in [7, 11) is 1.60. The lowest BCUT2D eigenvalue weighted by molar-refractivity contribution is -0.140. The number of para-hydroxylation sites is 2. The fraction of sp³-hybridized carbons (Fsp3) is 0.154. The van der Waals surface area contributed by atoms with Crippen LogP contribution in [0.4, 0.5) is 10.3 Å². The van der Waals surface area contributed by atoms with E-state index >= 15 is 0 Å². The highest BCUT2D eigenvalue weighted by Crippen LogP contribution is 2.39. The highest BCUT2D eigenvalue weighted by Gasteiger charge is 2.35. The lowest BCUT2D eigenvalue weighted by atomic mass is 9.95. The average Bonchev–Trinajstić information content (AvgIpc) is 3.20. The molecule has 0 fully saturated rings. The van der Waals surface area contributed by atoms with Crippen molar-refractivity contribution in [2.45, 2.75) is 19.6 Å². The second-order valence-electron chi connectivity index (χ2n) is 7.84. The van der Waals surface area contributed by atoms with Crippen molar-refractivity contribution in [3.05, 3.63) is 101 Å². The first-order valence-electron chi connectivity index (χ1n) is 10.6. The predicted molar refractivity (Wildman–Crippen MR) is 123 cm³/mol. The number of allylic oxidation sites excluding steroid dienone is 1. The molecule has 0 saturated carbocycles. The van der Waals surface area contributed by atoms with Crippen LogP contribution in [0.1, 0.15) is 24.1 Å². The quantitative estimate of drug-likeness (QED) is 0.429. The summed E-state index contributed by atoms with van der Waals surface area (Å²) in [4.78, 5) is 18.1. The number of esters is 1. The molecule has 6 nitrogen and oxygen atoms in total. The zero-order chi connectivity index (χ0) is 22.9. The fourth-order valence-corrected chi connectivity index (χ4v) is 4.14. The topological polar surface area (TPSA) is 65.4 Å². The minimum absolute atomic E-state index is 0.118. The Labute approximate surface area is 190 Å². The predicted octanol–water partition coefficient (Wildman–Crippen LogP) is 5.22. The van der Waals surface area contributed by atoms with Crippen LogP contribution >= 0.6 is 0 Å². The normalized spacial score (nSPS) is 15.2. The molecular formula is C26H22FN3O3. The van der Waals surface area contributed by atoms with E-state index in [2.05, 4.69) is 10.3 Å². The van der Waals surface area contributed by atoms with Crippen LogP contribution in [0.15, 0.2) is 84.1 Å². The fourth-order valence-electron chi connectivity index (χ4n) is 4.14. The number of fused-ring (bicyclic) bond motifs is 3. The molecule has 4 aromatic rings. The number of anilines is 1. The molecule has 166 valence electrons. The molecule has 0 radical (unpaired) electrons. The van der Waals surface area contributed by atoms with Crippen molar-refractivity contribution < 1.29 is 18.7 Å². The standard InChI is InChI=1S/C26H22FN3O3/c1-16-23(25(31)33-15-17-7-13-20(32-2)14-8-17)24(18-9-11-19(27)12-10-18)30-22-6-4-3-5-21(22)29-26(30)28-16/h3-14,24H,15H2,1-2H3,(H,28,29)/t24-/m1/s1. The maximum Gasteiger partial charge on any atom is 0.338 e. The van der Waals surface area contributed by atoms with Gasteiger partial charge in [-0.1, -0.05) is 36.4 Å². The number of aromatic nitrogens is 2. The SMILES string of the molecule is COc1ccc(COC(=O)C2=C(C)Nc3nc4ccccc4n3[C@@H]2c2ccc(F)cc2)cc1. The van der Waals surface area contributed by atoms with Gasteiger partial charge in [0.1, 0.15) is 18.2 Å². The third-order valence-corrected chi connectivity index (χ3v) is 5.77. The largest absolute Gasteiger partial charge is 0.497 e. The van der Waals surface area contributed by atoms with Gasteiger partial charge in [-0.2, -0.15) is 0 Å². The number of ether oxygens (including phenoxy) is 2. The maximum absolute atomic E-state index is 13.7. The van der Waals surface area contributed by atoms with Gasteiger partial charge in [-0.15, -0.1) is 0 Å². The summed E-state index contributed by atoms with van der Waals surface area (Å²) in [6.07, 6.45) is 0. The number of hydrogen-bond acceptors (Lipinski definition) is 5. The summed E-state index contributed by atoms with van der Waals surface area (Å²) in [5.41, 5.74) is 4.36. The molecule has 7 heteroatoms. The summed E-state index contributed by atoms with van der Waals surface area (Å²) in [6.45, 7) is 1.94. The second kappa shape index (κ2) is 8.43. The van der Waals surface area contributed by atoms with E-state index in [0.717, 1.165) is 27.9 Å². The zero-order valence-corrected chi connectivity index (χ0v) is 18.2. The first-order chi connectivity index (χ1) is 16.0. The summed E-state index contributed by atoms with van der Waals surface area (Å²) in [5.74, 6) is 0.562. The van der Waals surface area contributed by atoms with Gasteiger partial charge in [0.2, 0.25) is 5.95 Å². The van der Waals surface area contributed by atoms with Gasteiger partial charge in [0, 0.05) is 5.70 Å². The van der Waals surface area contributed by atoms with Crippen molar-refractivity contribution >= 4 is 23.0 Å². The van der Waals surface area contributed by atoms with Gasteiger partial charge >= 0.3 is 5.97 Å². The molecule has 0 saturated heterocycles. The Morgan fingerprint density at radius 3 is 2.52 bits per heavy atom. The van der Waals surface area contributed by atoms with Gasteiger partial charge in [0.05, 0.1) is 29.8 Å². The molecule has 0 spiro atoms. The summed E-state index contributed by atoms with van der Waals surface area (Å²) >= 11 is 0. The molecule has 1 aromatic heterocycles. The number of nitrogens with one attached hydrogen (secondary N) is 1. The van der Waals surface area contributed by atoms with Crippen molar-refractivity contribution in [1.82, 2.24) is 9.55 Å². The molecule has 1 aliphatic rings. The number of nitrogens with zero attached hydrogens (tertiary/aromatic N) is 2. The van der Waals surface area contributed by atoms with E-state index in [1.54, 1.807) is 19.2 Å². The molecule has 5 rings (SSSR count). The molecule has 3 aromatic carbocycles. The van der Waals surface area contributed by atoms with E-state index in [9.17, 15) is 9.18 Å². The van der Waals surface area contributed by atoms with Gasteiger partial charge in [0.25, 0.3) is 0 Å². The van der Waals surface area contributed by atoms with E-state index in [1.807, 2.05) is 60.0 Å². The molecule has 0 amide bonds. The van der Waals surface area contributed by atoms with Crippen LogP contribution in [0.5, 0.6) is 5.75 Å². The zero-order valence-electron chi connectivity index (χ0n) is 18.2. The van der Waals surface area contributed by atoms with Crippen molar-refractivity contribution in [1.29, 1.82) is 0 Å². The number of hydrogen-bond donors (Lipinski definition) is 1. The number of benzene rings is 3. The summed E-state index contributed by atoms with van der Waals surface area (Å²) in [6, 6.07) is 20.7. The first-order valence-corrected chi connectivity index (χ1v) is 10.6. The highest BCUT2D eigenvalue weighted by molar-refractivity contribution is 5.94. The van der Waals surface area contributed by atoms with Crippen LogP contribution in [-0.4, -0.2) is 22.6 Å². The monoisotopic (exact) mass is 443 g/mol. The second-order valence-corrected chi connectivity index (χ2v) is 7.84. The number of halogens is 1. The number of imidazole rings is 1. The van der Waals surface area contributed by atoms with Crippen molar-refractivity contribution in [3.8, 4) is 5.75 Å². The van der Waals surface area contributed by atoms with Gasteiger partial charge < -0.3 is 14.8 Å². The van der Waals surface area contributed by atoms with E-state index in [-0.39, 0.29) is 12.4 Å². The number of carbonyl (C=O) groups is 1. The number of rotatable bonds is 5. The van der Waals surface area contributed by atoms with Gasteiger partial charge in [-0.25, -0.2) is 14.2 Å². The Morgan fingerprint density at radius 2 is 1.79 bits per heavy atom. The minimum Gasteiger partial charge on any atom is -0.497 e.